The van der Waals surface area contributed by atoms with Gasteiger partial charge in [0.1, 0.15) is 41.8 Å². The Morgan fingerprint density at radius 3 is 2.17 bits per heavy atom. The number of carboxylic acids is 1. The van der Waals surface area contributed by atoms with Crippen LogP contribution in [0, 0.1) is 5.82 Å². The topological polar surface area (TPSA) is 194 Å². The van der Waals surface area contributed by atoms with Crippen molar-refractivity contribution in [1.29, 1.82) is 0 Å². The van der Waals surface area contributed by atoms with Crippen molar-refractivity contribution in [3.63, 3.8) is 0 Å². The minimum atomic E-state index is -5.08. The fourth-order valence-electron chi connectivity index (χ4n) is 5.77. The van der Waals surface area contributed by atoms with E-state index in [2.05, 4.69) is 17.3 Å². The zero-order chi connectivity index (χ0) is 39.8. The van der Waals surface area contributed by atoms with Crippen LogP contribution in [0.15, 0.2) is 90.3 Å². The van der Waals surface area contributed by atoms with Crippen molar-refractivity contribution < 1.29 is 63.8 Å². The summed E-state index contributed by atoms with van der Waals surface area (Å²) in [7, 11) is -0.477. The number of aliphatic carboxylic acids is 1. The molecule has 1 aromatic heterocycles. The number of halogens is 4. The van der Waals surface area contributed by atoms with E-state index in [1.807, 2.05) is 0 Å². The average molecular weight is 779 g/mol. The molecule has 0 radical (unpaired) electrons. The number of nitrogens with zero attached hydrogens (tertiary/aromatic N) is 4. The highest BCUT2D eigenvalue weighted by atomic mass is 32.2. The highest BCUT2D eigenvalue weighted by Crippen LogP contribution is 2.24. The molecule has 5 N–H and O–H groups in total. The molecule has 0 aliphatic carbocycles. The number of amides is 3. The Bertz CT molecular complexity index is 2110. The first-order valence-electron chi connectivity index (χ1n) is 16.2. The summed E-state index contributed by atoms with van der Waals surface area (Å²) in [5, 5.41) is 19.5. The van der Waals surface area contributed by atoms with E-state index in [-0.39, 0.29) is 28.8 Å². The second-order valence-corrected chi connectivity index (χ2v) is 14.3. The third-order valence-electron chi connectivity index (χ3n) is 8.26. The number of phenolic OH excluding ortho intramolecular Hbond substituents is 1. The molecule has 1 saturated heterocycles. The third kappa shape index (κ3) is 11.3. The third-order valence-corrected chi connectivity index (χ3v) is 9.40. The van der Waals surface area contributed by atoms with Crippen molar-refractivity contribution >= 4 is 39.4 Å². The van der Waals surface area contributed by atoms with Gasteiger partial charge in [-0.3, -0.25) is 4.79 Å². The van der Waals surface area contributed by atoms with Crippen LogP contribution in [0.5, 0.6) is 11.5 Å². The van der Waals surface area contributed by atoms with Gasteiger partial charge < -0.3 is 29.2 Å². The average Bonchev–Trinajstić information content (AvgIpc) is 3.54. The lowest BCUT2D eigenvalue weighted by Crippen LogP contribution is -2.56. The molecule has 0 spiro atoms. The smallest absolute Gasteiger partial charge is 0.496 e. The van der Waals surface area contributed by atoms with Crippen LogP contribution in [0.1, 0.15) is 24.0 Å². The Hall–Kier alpha value is -5.82. The van der Waals surface area contributed by atoms with Crippen molar-refractivity contribution in [3.8, 4) is 11.5 Å². The quantitative estimate of drug-likeness (QED) is 0.0791. The molecule has 3 aromatic carbocycles. The molecule has 14 nitrogen and oxygen atoms in total. The lowest BCUT2D eigenvalue weighted by molar-refractivity contribution is -0.918. The number of primary amides is 1. The largest absolute Gasteiger partial charge is 0.508 e. The van der Waals surface area contributed by atoms with E-state index in [0.29, 0.717) is 41.0 Å². The molecule has 1 aliphatic rings. The molecule has 1 aliphatic heterocycles. The molecule has 5 rings (SSSR count). The molecule has 288 valence electrons. The van der Waals surface area contributed by atoms with Crippen LogP contribution in [-0.2, 0) is 39.7 Å². The summed E-state index contributed by atoms with van der Waals surface area (Å²) < 4.78 is 79.1. The number of urea groups is 1. The molecule has 54 heavy (non-hydrogen) atoms. The fourth-order valence-corrected chi connectivity index (χ4v) is 6.69. The van der Waals surface area contributed by atoms with Gasteiger partial charge in [-0.15, -0.1) is 0 Å². The summed E-state index contributed by atoms with van der Waals surface area (Å²) in [6.45, 7) is 1.82. The van der Waals surface area contributed by atoms with Crippen LogP contribution in [0.3, 0.4) is 0 Å². The van der Waals surface area contributed by atoms with E-state index >= 15 is 0 Å². The van der Waals surface area contributed by atoms with Crippen LogP contribution in [0.4, 0.5) is 28.0 Å². The second-order valence-electron chi connectivity index (χ2n) is 12.8. The predicted octanol–water partition coefficient (Wildman–Crippen LogP) is 4.19. The minimum absolute atomic E-state index is 0.0170. The Labute approximate surface area is 307 Å². The molecule has 0 bridgehead atoms. The molecular formula is C35H38F4N6O8S+2. The number of hydrogen-bond acceptors (Lipinski definition) is 8. The standard InChI is InChI=1S/C33H35FN6O6S.C2HF3O2/c1-38-19-31(36-22-38)47(44,45)46-29-15-11-26(12-16-29)37-33(43)39(30(32(35)42)18-23-7-13-28(41)14-8-23)27-4-3-17-40(2,21-27)20-24-5-9-25(34)10-6-24;3-2(4,5)1(6)7/h5-16,19,22,30H,3-4,17-18,20-21H2,1-2H3,(H2-2,35,37,41,42,43);(H,6,7)/p+2/b39-27+;/t30-,40?;/m0./s1. The zero-order valence-corrected chi connectivity index (χ0v) is 29.8. The number of carbonyl (C=O) groups excluding carboxylic acids is 2. The van der Waals surface area contributed by atoms with Gasteiger partial charge in [0.05, 0.1) is 19.9 Å². The molecule has 4 aromatic rings. The molecule has 2 heterocycles. The number of aromatic hydroxyl groups is 1. The highest BCUT2D eigenvalue weighted by Gasteiger charge is 2.40. The molecule has 1 unspecified atom stereocenters. The number of alkyl halides is 3. The van der Waals surface area contributed by atoms with Gasteiger partial charge in [-0.25, -0.2) is 19.5 Å². The first-order chi connectivity index (χ1) is 25.2. The molecular weight excluding hydrogens is 740 g/mol. The van der Waals surface area contributed by atoms with Crippen molar-refractivity contribution in [3.05, 3.63) is 102 Å². The van der Waals surface area contributed by atoms with Crippen molar-refractivity contribution in [2.75, 3.05) is 25.5 Å². The summed E-state index contributed by atoms with van der Waals surface area (Å²) in [4.78, 5) is 39.8. The number of nitrogens with one attached hydrogen (secondary N) is 1. The maximum Gasteiger partial charge on any atom is 0.496 e. The SMILES string of the molecule is Cn1cnc(S(=O)(=O)Oc2ccc(NC(=O)/[N+](=C3\CCC[N+](C)(Cc4ccc(F)cc4)C3)[C@@H](Cc3ccc(O)cc3)C(N)=O)cc2)c1.O=C(O)C(F)(F)F. The van der Waals surface area contributed by atoms with Gasteiger partial charge in [-0.2, -0.15) is 31.0 Å². The second kappa shape index (κ2) is 16.9. The van der Waals surface area contributed by atoms with Gasteiger partial charge in [0, 0.05) is 38.1 Å². The number of aromatic nitrogens is 2. The van der Waals surface area contributed by atoms with Gasteiger partial charge in [0.15, 0.2) is 6.04 Å². The normalized spacial score (nSPS) is 17.4. The maximum atomic E-state index is 14.1. The zero-order valence-electron chi connectivity index (χ0n) is 29.0. The number of benzene rings is 3. The Morgan fingerprint density at radius 2 is 1.63 bits per heavy atom. The summed E-state index contributed by atoms with van der Waals surface area (Å²) in [5.41, 5.74) is 8.62. The van der Waals surface area contributed by atoms with Crippen molar-refractivity contribution in [2.24, 2.45) is 12.8 Å². The van der Waals surface area contributed by atoms with E-state index in [1.54, 1.807) is 31.3 Å². The predicted molar refractivity (Wildman–Crippen MR) is 185 cm³/mol. The number of nitrogens with two attached hydrogens (primary N) is 1. The fraction of sp³-hybridized carbons (Fsp3) is 0.286. The lowest BCUT2D eigenvalue weighted by Gasteiger charge is -2.38. The van der Waals surface area contributed by atoms with Gasteiger partial charge in [0.2, 0.25) is 5.03 Å². The van der Waals surface area contributed by atoms with Crippen molar-refractivity contribution in [1.82, 2.24) is 9.55 Å². The number of carboxylic acid groups (broad SMARTS) is 1. The number of quaternary nitrogens is 1. The maximum absolute atomic E-state index is 14.1. The van der Waals surface area contributed by atoms with Crippen LogP contribution in [-0.4, -0.2) is 93.2 Å². The first kappa shape index (κ1) is 40.9. The first-order valence-corrected chi connectivity index (χ1v) is 17.6. The van der Waals surface area contributed by atoms with Crippen molar-refractivity contribution in [2.45, 2.75) is 43.1 Å². The van der Waals surface area contributed by atoms with Crippen LogP contribution < -0.4 is 15.2 Å². The number of carbonyl (C=O) groups is 3. The Kier molecular flexibility index (Phi) is 12.8. The number of phenols is 1. The highest BCUT2D eigenvalue weighted by molar-refractivity contribution is 7.87. The number of rotatable bonds is 10. The number of anilines is 1. The summed E-state index contributed by atoms with van der Waals surface area (Å²) in [6.07, 6.45) is -1.04. The van der Waals surface area contributed by atoms with Crippen LogP contribution in [0.2, 0.25) is 0 Å². The van der Waals surface area contributed by atoms with E-state index in [9.17, 15) is 40.7 Å². The van der Waals surface area contributed by atoms with E-state index in [4.69, 9.17) is 19.8 Å². The van der Waals surface area contributed by atoms with Gasteiger partial charge >= 0.3 is 28.3 Å². The lowest BCUT2D eigenvalue weighted by atomic mass is 10.0. The number of aryl methyl sites for hydroxylation is 1. The van der Waals surface area contributed by atoms with Gasteiger partial charge in [0.25, 0.3) is 5.91 Å². The molecule has 3 amide bonds. The minimum Gasteiger partial charge on any atom is -0.508 e. The number of likely N-dealkylation sites (tertiary alicyclic amines) is 1. The van der Waals surface area contributed by atoms with E-state index in [0.717, 1.165) is 18.5 Å². The van der Waals surface area contributed by atoms with Gasteiger partial charge in [-0.1, -0.05) is 24.3 Å². The summed E-state index contributed by atoms with van der Waals surface area (Å²) in [5.74, 6) is -3.70. The van der Waals surface area contributed by atoms with Crippen LogP contribution >= 0.6 is 0 Å². The summed E-state index contributed by atoms with van der Waals surface area (Å²) in [6, 6.07) is 16.8. The summed E-state index contributed by atoms with van der Waals surface area (Å²) >= 11 is 0. The Morgan fingerprint density at radius 1 is 1.04 bits per heavy atom. The number of hydrogen-bond donors (Lipinski definition) is 4. The monoisotopic (exact) mass is 778 g/mol. The number of piperidine rings is 1. The Balaban J connectivity index is 0.000000845. The van der Waals surface area contributed by atoms with Crippen LogP contribution in [0.25, 0.3) is 0 Å². The van der Waals surface area contributed by atoms with E-state index < -0.39 is 40.2 Å². The molecule has 0 saturated carbocycles. The molecule has 19 heteroatoms. The van der Waals surface area contributed by atoms with Gasteiger partial charge in [-0.05, 0) is 54.1 Å². The number of imidazole rings is 1. The molecule has 1 fully saturated rings. The molecule has 2 atom stereocenters. The van der Waals surface area contributed by atoms with E-state index in [1.165, 1.54) is 70.2 Å².